The highest BCUT2D eigenvalue weighted by atomic mass is 15.1. The zero-order valence-corrected chi connectivity index (χ0v) is 36.4. The van der Waals surface area contributed by atoms with Crippen LogP contribution in [-0.2, 0) is 5.41 Å². The molecule has 0 atom stereocenters. The lowest BCUT2D eigenvalue weighted by atomic mass is 9.66. The van der Waals surface area contributed by atoms with Crippen LogP contribution in [0.1, 0.15) is 27.8 Å². The van der Waals surface area contributed by atoms with Crippen LogP contribution < -0.4 is 9.80 Å². The molecule has 312 valence electrons. The molecule has 0 amide bonds. The molecule has 0 saturated carbocycles. The van der Waals surface area contributed by atoms with Crippen LogP contribution in [0.2, 0.25) is 0 Å². The number of rotatable bonds is 8. The van der Waals surface area contributed by atoms with Gasteiger partial charge in [0.1, 0.15) is 0 Å². The van der Waals surface area contributed by atoms with E-state index in [0.29, 0.717) is 11.3 Å². The van der Waals surface area contributed by atoms with E-state index in [4.69, 9.17) is 6.57 Å². The van der Waals surface area contributed by atoms with Gasteiger partial charge < -0.3 is 9.80 Å². The number of nitriles is 1. The van der Waals surface area contributed by atoms with E-state index in [1.807, 2.05) is 36.4 Å². The van der Waals surface area contributed by atoms with Crippen LogP contribution in [0.25, 0.3) is 48.3 Å². The maximum Gasteiger partial charge on any atom is 0.187 e. The molecule has 12 rings (SSSR count). The molecular weight excluding hydrogens is 813 g/mol. The molecule has 0 aromatic heterocycles. The Labute approximate surface area is 389 Å². The van der Waals surface area contributed by atoms with Gasteiger partial charge in [0, 0.05) is 33.8 Å². The van der Waals surface area contributed by atoms with E-state index in [-0.39, 0.29) is 0 Å². The summed E-state index contributed by atoms with van der Waals surface area (Å²) in [5, 5.41) is 17.0. The Morgan fingerprint density at radius 2 is 0.881 bits per heavy atom. The van der Waals surface area contributed by atoms with Gasteiger partial charge in [-0.05, 0) is 133 Å². The Morgan fingerprint density at radius 1 is 0.388 bits per heavy atom. The number of hydrogen-bond donors (Lipinski definition) is 0. The number of para-hydroxylation sites is 2. The maximum absolute atomic E-state index is 10.0. The van der Waals surface area contributed by atoms with Gasteiger partial charge in [0.25, 0.3) is 0 Å². The molecule has 1 aliphatic rings. The highest BCUT2D eigenvalue weighted by Gasteiger charge is 2.49. The number of fused-ring (bicyclic) bond motifs is 10. The standard InChI is InChI=1S/C63H40N4/c1-65-46-33-35-49(36-34-46)67(48-26-12-5-13-27-48)59-41-58-60(55-32-17-15-30-53(55)59)61-54-31-16-14-29-52(54)57-40-51(66(47-24-10-4-11-25-47)50-28-18-19-43(39-50)42-64)37-38-56(57)62(61)63(58,44-20-6-2-7-21-44)45-22-8-3-9-23-45/h2-41H. The zero-order valence-electron chi connectivity index (χ0n) is 36.4. The summed E-state index contributed by atoms with van der Waals surface area (Å²) in [5.74, 6) is 0. The van der Waals surface area contributed by atoms with Crippen molar-refractivity contribution in [1.82, 2.24) is 0 Å². The monoisotopic (exact) mass is 852 g/mol. The molecule has 11 aromatic carbocycles. The van der Waals surface area contributed by atoms with Crippen molar-refractivity contribution in [2.75, 3.05) is 9.80 Å². The van der Waals surface area contributed by atoms with E-state index in [1.54, 1.807) is 0 Å². The van der Waals surface area contributed by atoms with Crippen LogP contribution in [0.5, 0.6) is 0 Å². The molecule has 0 heterocycles. The van der Waals surface area contributed by atoms with E-state index in [2.05, 4.69) is 227 Å². The third-order valence-electron chi connectivity index (χ3n) is 13.5. The number of benzene rings is 11. The quantitative estimate of drug-likeness (QED) is 0.113. The predicted octanol–water partition coefficient (Wildman–Crippen LogP) is 16.9. The van der Waals surface area contributed by atoms with Crippen LogP contribution in [0.3, 0.4) is 0 Å². The minimum atomic E-state index is -0.772. The zero-order chi connectivity index (χ0) is 44.9. The van der Waals surface area contributed by atoms with Gasteiger partial charge in [-0.1, -0.05) is 170 Å². The summed E-state index contributed by atoms with van der Waals surface area (Å²) in [6.07, 6.45) is 0. The van der Waals surface area contributed by atoms with Crippen molar-refractivity contribution in [2.24, 2.45) is 0 Å². The van der Waals surface area contributed by atoms with Gasteiger partial charge in [-0.25, -0.2) is 4.85 Å². The van der Waals surface area contributed by atoms with Crippen LogP contribution >= 0.6 is 0 Å². The summed E-state index contributed by atoms with van der Waals surface area (Å²) < 4.78 is 0. The molecule has 67 heavy (non-hydrogen) atoms. The SMILES string of the molecule is [C-]#[N+]c1ccc(N(c2ccccc2)c2cc3c(c4ccccc24)-c2c(c4ccc(N(c5ccccc5)c5cccc(C#N)c5)cc4c4ccccc24)C3(c2ccccc2)c2ccccc2)cc1. The Kier molecular flexibility index (Phi) is 9.46. The van der Waals surface area contributed by atoms with Crippen LogP contribution in [-0.4, -0.2) is 0 Å². The maximum atomic E-state index is 10.0. The lowest BCUT2D eigenvalue weighted by Gasteiger charge is -2.36. The van der Waals surface area contributed by atoms with Gasteiger partial charge in [-0.15, -0.1) is 0 Å². The summed E-state index contributed by atoms with van der Waals surface area (Å²) in [6.45, 7) is 7.75. The Bertz CT molecular complexity index is 3720. The largest absolute Gasteiger partial charge is 0.310 e. The lowest BCUT2D eigenvalue weighted by Crippen LogP contribution is -2.29. The average Bonchev–Trinajstić information content (AvgIpc) is 3.72. The first kappa shape index (κ1) is 39.4. The molecule has 0 fully saturated rings. The highest BCUT2D eigenvalue weighted by Crippen LogP contribution is 2.63. The first-order valence-electron chi connectivity index (χ1n) is 22.5. The van der Waals surface area contributed by atoms with Crippen molar-refractivity contribution in [1.29, 1.82) is 5.26 Å². The molecule has 1 aliphatic carbocycles. The fourth-order valence-electron chi connectivity index (χ4n) is 10.8. The second-order valence-corrected chi connectivity index (χ2v) is 17.0. The fraction of sp³-hybridized carbons (Fsp3) is 0.0159. The van der Waals surface area contributed by atoms with Gasteiger partial charge in [0.15, 0.2) is 5.69 Å². The van der Waals surface area contributed by atoms with E-state index < -0.39 is 5.41 Å². The van der Waals surface area contributed by atoms with E-state index in [9.17, 15) is 5.26 Å². The van der Waals surface area contributed by atoms with Crippen LogP contribution in [0, 0.1) is 17.9 Å². The molecule has 0 radical (unpaired) electrons. The summed E-state index contributed by atoms with van der Waals surface area (Å²) in [4.78, 5) is 8.34. The predicted molar refractivity (Wildman–Crippen MR) is 277 cm³/mol. The summed E-state index contributed by atoms with van der Waals surface area (Å²) in [7, 11) is 0. The van der Waals surface area contributed by atoms with Gasteiger partial charge >= 0.3 is 0 Å². The van der Waals surface area contributed by atoms with Crippen molar-refractivity contribution in [3.05, 3.63) is 282 Å². The first-order chi connectivity index (χ1) is 33.2. The minimum absolute atomic E-state index is 0.600. The normalized spacial score (nSPS) is 12.3. The molecular formula is C63H40N4. The van der Waals surface area contributed by atoms with Crippen molar-refractivity contribution >= 4 is 72.1 Å². The third kappa shape index (κ3) is 6.20. The molecule has 11 aromatic rings. The van der Waals surface area contributed by atoms with Crippen LogP contribution in [0.4, 0.5) is 39.8 Å². The molecule has 4 nitrogen and oxygen atoms in total. The molecule has 4 heteroatoms. The number of hydrogen-bond acceptors (Lipinski definition) is 3. The second-order valence-electron chi connectivity index (χ2n) is 17.0. The van der Waals surface area contributed by atoms with Crippen molar-refractivity contribution < 1.29 is 0 Å². The third-order valence-corrected chi connectivity index (χ3v) is 13.5. The molecule has 0 saturated heterocycles. The average molecular weight is 853 g/mol. The Hall–Kier alpha value is -9.22. The topological polar surface area (TPSA) is 34.6 Å². The molecule has 0 spiro atoms. The minimum Gasteiger partial charge on any atom is -0.310 e. The molecule has 0 aliphatic heterocycles. The molecule has 0 bridgehead atoms. The highest BCUT2D eigenvalue weighted by molar-refractivity contribution is 6.24. The van der Waals surface area contributed by atoms with Crippen molar-refractivity contribution in [3.8, 4) is 17.2 Å². The van der Waals surface area contributed by atoms with Crippen LogP contribution in [0.15, 0.2) is 243 Å². The number of nitrogens with zero attached hydrogens (tertiary/aromatic N) is 4. The number of anilines is 6. The Morgan fingerprint density at radius 3 is 1.49 bits per heavy atom. The molecule has 0 N–H and O–H groups in total. The van der Waals surface area contributed by atoms with Gasteiger partial charge in [-0.3, -0.25) is 0 Å². The first-order valence-corrected chi connectivity index (χ1v) is 22.5. The Balaban J connectivity index is 1.24. The summed E-state index contributed by atoms with van der Waals surface area (Å²) in [6, 6.07) is 88.4. The van der Waals surface area contributed by atoms with Crippen molar-refractivity contribution in [2.45, 2.75) is 5.41 Å². The van der Waals surface area contributed by atoms with E-state index >= 15 is 0 Å². The molecule has 0 unspecified atom stereocenters. The van der Waals surface area contributed by atoms with Gasteiger partial charge in [0.05, 0.1) is 29.3 Å². The summed E-state index contributed by atoms with van der Waals surface area (Å²) in [5.41, 5.74) is 13.6. The van der Waals surface area contributed by atoms with Crippen molar-refractivity contribution in [3.63, 3.8) is 0 Å². The summed E-state index contributed by atoms with van der Waals surface area (Å²) >= 11 is 0. The van der Waals surface area contributed by atoms with E-state index in [0.717, 1.165) is 50.3 Å². The van der Waals surface area contributed by atoms with Gasteiger partial charge in [-0.2, -0.15) is 5.26 Å². The van der Waals surface area contributed by atoms with E-state index in [1.165, 1.54) is 49.5 Å². The lowest BCUT2D eigenvalue weighted by molar-refractivity contribution is 0.776. The van der Waals surface area contributed by atoms with Gasteiger partial charge in [0.2, 0.25) is 0 Å². The fourth-order valence-corrected chi connectivity index (χ4v) is 10.8. The second kappa shape index (κ2) is 16.1. The smallest absolute Gasteiger partial charge is 0.187 e.